The second-order valence-corrected chi connectivity index (χ2v) is 9.19. The van der Waals surface area contributed by atoms with Gasteiger partial charge in [0.25, 0.3) is 5.91 Å². The number of hydrogen-bond donors (Lipinski definition) is 1. The van der Waals surface area contributed by atoms with Gasteiger partial charge in [-0.25, -0.2) is 0 Å². The molecule has 5 rings (SSSR count). The maximum absolute atomic E-state index is 12.8. The molecule has 1 N–H and O–H groups in total. The Morgan fingerprint density at radius 3 is 2.38 bits per heavy atom. The van der Waals surface area contributed by atoms with Crippen LogP contribution in [-0.2, 0) is 4.79 Å². The van der Waals surface area contributed by atoms with E-state index in [-0.39, 0.29) is 11.4 Å². The van der Waals surface area contributed by atoms with Crippen molar-refractivity contribution < 1.29 is 19.0 Å². The third-order valence-corrected chi connectivity index (χ3v) is 6.56. The molecule has 0 atom stereocenters. The molecule has 0 aromatic heterocycles. The van der Waals surface area contributed by atoms with E-state index >= 15 is 0 Å². The fourth-order valence-electron chi connectivity index (χ4n) is 3.66. The standard InChI is InChI=1S/C28H24N4O4S/c1-18-6-8-20(9-7-18)27-31-32-25(29)24(26(33)30-28(32)37-27)17-19-4-3-5-23(16-19)36-15-14-35-22-12-10-21(34-2)11-13-22/h3-13,16-17,29H,14-15H2,1-2H3/b24-17-,29-25?. The van der Waals surface area contributed by atoms with Crippen LogP contribution in [0.15, 0.2) is 88.5 Å². The van der Waals surface area contributed by atoms with Gasteiger partial charge in [-0.3, -0.25) is 10.2 Å². The van der Waals surface area contributed by atoms with Crippen LogP contribution in [-0.4, -0.2) is 47.3 Å². The lowest BCUT2D eigenvalue weighted by Crippen LogP contribution is -2.35. The van der Waals surface area contributed by atoms with E-state index in [0.29, 0.717) is 29.2 Å². The highest BCUT2D eigenvalue weighted by atomic mass is 32.2. The number of aliphatic imine (C=N–C) groups is 1. The quantitative estimate of drug-likeness (QED) is 0.332. The molecule has 0 radical (unpaired) electrons. The number of aryl methyl sites for hydroxylation is 1. The first-order valence-electron chi connectivity index (χ1n) is 11.6. The van der Waals surface area contributed by atoms with Crippen molar-refractivity contribution in [3.63, 3.8) is 0 Å². The largest absolute Gasteiger partial charge is 0.497 e. The van der Waals surface area contributed by atoms with E-state index in [0.717, 1.165) is 28.2 Å². The molecule has 0 saturated carbocycles. The van der Waals surface area contributed by atoms with Gasteiger partial charge in [-0.1, -0.05) is 42.0 Å². The van der Waals surface area contributed by atoms with Crippen LogP contribution < -0.4 is 14.2 Å². The van der Waals surface area contributed by atoms with Crippen molar-refractivity contribution >= 4 is 39.8 Å². The number of thioether (sulfide) groups is 1. The van der Waals surface area contributed by atoms with Gasteiger partial charge in [0.05, 0.1) is 12.7 Å². The molecule has 0 saturated heterocycles. The normalized spacial score (nSPS) is 15.8. The number of carbonyl (C=O) groups excluding carboxylic acids is 1. The van der Waals surface area contributed by atoms with Crippen molar-refractivity contribution in [2.45, 2.75) is 6.92 Å². The number of rotatable bonds is 8. The van der Waals surface area contributed by atoms with Crippen molar-refractivity contribution in [2.75, 3.05) is 20.3 Å². The minimum atomic E-state index is -0.469. The zero-order chi connectivity index (χ0) is 25.8. The minimum absolute atomic E-state index is 0.0103. The third-order valence-electron chi connectivity index (χ3n) is 5.60. The lowest BCUT2D eigenvalue weighted by molar-refractivity contribution is -0.114. The number of hydrazone groups is 1. The van der Waals surface area contributed by atoms with Gasteiger partial charge < -0.3 is 14.2 Å². The number of amidine groups is 2. The summed E-state index contributed by atoms with van der Waals surface area (Å²) in [5, 5.41) is 15.6. The maximum Gasteiger partial charge on any atom is 0.283 e. The molecule has 0 aliphatic carbocycles. The van der Waals surface area contributed by atoms with Crippen LogP contribution in [0, 0.1) is 12.3 Å². The van der Waals surface area contributed by atoms with Gasteiger partial charge in [-0.15, -0.1) is 0 Å². The number of methoxy groups -OCH3 is 1. The van der Waals surface area contributed by atoms with Gasteiger partial charge in [0, 0.05) is 5.56 Å². The second kappa shape index (κ2) is 10.7. The summed E-state index contributed by atoms with van der Waals surface area (Å²) in [6.45, 7) is 2.73. The molecule has 2 aliphatic rings. The number of amides is 1. The predicted molar refractivity (Wildman–Crippen MR) is 146 cm³/mol. The van der Waals surface area contributed by atoms with E-state index in [9.17, 15) is 4.79 Å². The summed E-state index contributed by atoms with van der Waals surface area (Å²) in [7, 11) is 1.62. The zero-order valence-corrected chi connectivity index (χ0v) is 21.1. The van der Waals surface area contributed by atoms with Gasteiger partial charge in [0.1, 0.15) is 35.5 Å². The van der Waals surface area contributed by atoms with Crippen molar-refractivity contribution in [2.24, 2.45) is 10.1 Å². The fourth-order valence-corrected chi connectivity index (χ4v) is 4.55. The summed E-state index contributed by atoms with van der Waals surface area (Å²) >= 11 is 1.28. The highest BCUT2D eigenvalue weighted by Crippen LogP contribution is 2.31. The Morgan fingerprint density at radius 2 is 1.65 bits per heavy atom. The molecule has 0 unspecified atom stereocenters. The fraction of sp³-hybridized carbons (Fsp3) is 0.143. The molecular formula is C28H24N4O4S. The Labute approximate surface area is 218 Å². The first-order chi connectivity index (χ1) is 18.0. The highest BCUT2D eigenvalue weighted by Gasteiger charge is 2.36. The van der Waals surface area contributed by atoms with E-state index in [1.165, 1.54) is 16.8 Å². The molecule has 37 heavy (non-hydrogen) atoms. The zero-order valence-electron chi connectivity index (χ0n) is 20.3. The lowest BCUT2D eigenvalue weighted by Gasteiger charge is -2.20. The first-order valence-corrected chi connectivity index (χ1v) is 12.4. The van der Waals surface area contributed by atoms with E-state index in [1.54, 1.807) is 19.3 Å². The molecule has 3 aromatic carbocycles. The summed E-state index contributed by atoms with van der Waals surface area (Å²) in [5.41, 5.74) is 2.94. The molecule has 8 nitrogen and oxygen atoms in total. The summed E-state index contributed by atoms with van der Waals surface area (Å²) in [5.74, 6) is 1.64. The Morgan fingerprint density at radius 1 is 0.946 bits per heavy atom. The number of nitrogens with one attached hydrogen (secondary N) is 1. The molecule has 2 aliphatic heterocycles. The predicted octanol–water partition coefficient (Wildman–Crippen LogP) is 5.13. The van der Waals surface area contributed by atoms with Gasteiger partial charge >= 0.3 is 0 Å². The van der Waals surface area contributed by atoms with E-state index in [2.05, 4.69) is 10.1 Å². The van der Waals surface area contributed by atoms with Crippen molar-refractivity contribution in [1.29, 1.82) is 5.41 Å². The molecular weight excluding hydrogens is 488 g/mol. The first kappa shape index (κ1) is 24.3. The molecule has 0 spiro atoms. The molecule has 9 heteroatoms. The van der Waals surface area contributed by atoms with Crippen molar-refractivity contribution in [3.05, 3.63) is 95.1 Å². The van der Waals surface area contributed by atoms with Crippen LogP contribution in [0.4, 0.5) is 0 Å². The van der Waals surface area contributed by atoms with Gasteiger partial charge in [-0.05, 0) is 66.7 Å². The van der Waals surface area contributed by atoms with Gasteiger partial charge in [0.2, 0.25) is 5.17 Å². The summed E-state index contributed by atoms with van der Waals surface area (Å²) < 4.78 is 16.7. The molecule has 1 amide bonds. The van der Waals surface area contributed by atoms with Crippen molar-refractivity contribution in [1.82, 2.24) is 5.01 Å². The van der Waals surface area contributed by atoms with E-state index in [4.69, 9.17) is 19.6 Å². The average molecular weight is 513 g/mol. The lowest BCUT2D eigenvalue weighted by atomic mass is 10.1. The Balaban J connectivity index is 1.24. The number of carbonyl (C=O) groups is 1. The average Bonchev–Trinajstić information content (AvgIpc) is 3.34. The van der Waals surface area contributed by atoms with E-state index in [1.807, 2.05) is 73.7 Å². The second-order valence-electron chi connectivity index (χ2n) is 8.24. The van der Waals surface area contributed by atoms with Crippen LogP contribution in [0.2, 0.25) is 0 Å². The van der Waals surface area contributed by atoms with Crippen LogP contribution in [0.1, 0.15) is 16.7 Å². The third kappa shape index (κ3) is 5.57. The summed E-state index contributed by atoms with van der Waals surface area (Å²) in [6.07, 6.45) is 1.63. The van der Waals surface area contributed by atoms with Crippen LogP contribution in [0.3, 0.4) is 0 Å². The Kier molecular flexibility index (Phi) is 7.04. The van der Waals surface area contributed by atoms with Crippen LogP contribution >= 0.6 is 11.8 Å². The molecule has 2 heterocycles. The van der Waals surface area contributed by atoms with E-state index < -0.39 is 5.91 Å². The highest BCUT2D eigenvalue weighted by molar-refractivity contribution is 8.27. The Bertz CT molecular complexity index is 1430. The Hall–Kier alpha value is -4.37. The molecule has 0 bridgehead atoms. The number of ether oxygens (including phenoxy) is 3. The SMILES string of the molecule is COc1ccc(OCCOc2cccc(/C=C3/C(=N)N4N=C(c5ccc(C)cc5)SC4=NC3=O)c2)cc1. The number of hydrogen-bond acceptors (Lipinski definition) is 7. The number of nitrogens with zero attached hydrogens (tertiary/aromatic N) is 3. The monoisotopic (exact) mass is 512 g/mol. The van der Waals surface area contributed by atoms with Crippen molar-refractivity contribution in [3.8, 4) is 17.2 Å². The van der Waals surface area contributed by atoms with Gasteiger partial charge in [-0.2, -0.15) is 15.1 Å². The maximum atomic E-state index is 12.8. The summed E-state index contributed by atoms with van der Waals surface area (Å²) in [6, 6.07) is 22.6. The van der Waals surface area contributed by atoms with Gasteiger partial charge in [0.15, 0.2) is 5.84 Å². The van der Waals surface area contributed by atoms with Crippen LogP contribution in [0.25, 0.3) is 6.08 Å². The van der Waals surface area contributed by atoms with Crippen LogP contribution in [0.5, 0.6) is 17.2 Å². The summed E-state index contributed by atoms with van der Waals surface area (Å²) in [4.78, 5) is 16.9. The number of fused-ring (bicyclic) bond motifs is 1. The molecule has 3 aromatic rings. The molecule has 186 valence electrons. The number of benzene rings is 3. The topological polar surface area (TPSA) is 96.6 Å². The molecule has 0 fully saturated rings. The smallest absolute Gasteiger partial charge is 0.283 e. The minimum Gasteiger partial charge on any atom is -0.497 e.